The molecule has 1 atom stereocenters. The van der Waals surface area contributed by atoms with Crippen LogP contribution >= 0.6 is 11.3 Å². The van der Waals surface area contributed by atoms with Gasteiger partial charge >= 0.3 is 0 Å². The van der Waals surface area contributed by atoms with Gasteiger partial charge in [0, 0.05) is 24.6 Å². The number of hydrogen-bond donors (Lipinski definition) is 0. The Kier molecular flexibility index (Phi) is 4.89. The molecule has 134 valence electrons. The van der Waals surface area contributed by atoms with Crippen LogP contribution in [0.4, 0.5) is 0 Å². The van der Waals surface area contributed by atoms with E-state index in [1.807, 2.05) is 48.2 Å². The number of amides is 1. The highest BCUT2D eigenvalue weighted by Gasteiger charge is 2.27. The SMILES string of the molecule is CCOc1ccc(C(=O)N2CCCC(c3nc4ccccc4s3)C2)cc1. The van der Waals surface area contributed by atoms with Gasteiger partial charge in [0.1, 0.15) is 5.75 Å². The molecule has 0 radical (unpaired) electrons. The quantitative estimate of drug-likeness (QED) is 0.671. The summed E-state index contributed by atoms with van der Waals surface area (Å²) in [4.78, 5) is 19.7. The van der Waals surface area contributed by atoms with Crippen molar-refractivity contribution in [2.24, 2.45) is 0 Å². The molecule has 4 rings (SSSR count). The maximum absolute atomic E-state index is 12.9. The van der Waals surface area contributed by atoms with Gasteiger partial charge in [-0.1, -0.05) is 12.1 Å². The van der Waals surface area contributed by atoms with Crippen LogP contribution in [0, 0.1) is 0 Å². The molecule has 0 bridgehead atoms. The van der Waals surface area contributed by atoms with Gasteiger partial charge in [-0.3, -0.25) is 4.79 Å². The van der Waals surface area contributed by atoms with Gasteiger partial charge in [0.05, 0.1) is 21.8 Å². The number of aromatic nitrogens is 1. The molecule has 2 aromatic carbocycles. The van der Waals surface area contributed by atoms with Crippen LogP contribution in [-0.2, 0) is 0 Å². The predicted octanol–water partition coefficient (Wildman–Crippen LogP) is 4.71. The number of carbonyl (C=O) groups excluding carboxylic acids is 1. The number of nitrogens with zero attached hydrogens (tertiary/aromatic N) is 2. The summed E-state index contributed by atoms with van der Waals surface area (Å²) < 4.78 is 6.68. The molecule has 1 unspecified atom stereocenters. The summed E-state index contributed by atoms with van der Waals surface area (Å²) in [6.45, 7) is 4.14. The fourth-order valence-corrected chi connectivity index (χ4v) is 4.56. The third-order valence-corrected chi connectivity index (χ3v) is 5.98. The zero-order valence-electron chi connectivity index (χ0n) is 14.9. The van der Waals surface area contributed by atoms with Crippen molar-refractivity contribution in [2.75, 3.05) is 19.7 Å². The van der Waals surface area contributed by atoms with Gasteiger partial charge < -0.3 is 9.64 Å². The Balaban J connectivity index is 1.49. The van der Waals surface area contributed by atoms with Crippen LogP contribution in [0.3, 0.4) is 0 Å². The molecule has 26 heavy (non-hydrogen) atoms. The molecule has 1 fully saturated rings. The molecule has 3 aromatic rings. The number of hydrogen-bond acceptors (Lipinski definition) is 4. The summed E-state index contributed by atoms with van der Waals surface area (Å²) in [5.74, 6) is 1.22. The maximum atomic E-state index is 12.9. The van der Waals surface area contributed by atoms with E-state index in [2.05, 4.69) is 12.1 Å². The number of benzene rings is 2. The minimum atomic E-state index is 0.0962. The van der Waals surface area contributed by atoms with E-state index in [0.717, 1.165) is 47.8 Å². The average molecular weight is 366 g/mol. The number of thiazole rings is 1. The molecule has 1 aliphatic rings. The van der Waals surface area contributed by atoms with Crippen LogP contribution in [0.5, 0.6) is 5.75 Å². The monoisotopic (exact) mass is 366 g/mol. The van der Waals surface area contributed by atoms with Crippen molar-refractivity contribution < 1.29 is 9.53 Å². The van der Waals surface area contributed by atoms with Crippen LogP contribution in [0.15, 0.2) is 48.5 Å². The minimum absolute atomic E-state index is 0.0962. The zero-order chi connectivity index (χ0) is 17.9. The first-order chi connectivity index (χ1) is 12.7. The van der Waals surface area contributed by atoms with Gasteiger partial charge in [0.15, 0.2) is 0 Å². The van der Waals surface area contributed by atoms with E-state index in [4.69, 9.17) is 9.72 Å². The molecular weight excluding hydrogens is 344 g/mol. The van der Waals surface area contributed by atoms with Crippen molar-refractivity contribution in [1.82, 2.24) is 9.88 Å². The number of likely N-dealkylation sites (tertiary alicyclic amines) is 1. The molecule has 1 saturated heterocycles. The number of piperidine rings is 1. The Labute approximate surface area is 157 Å². The topological polar surface area (TPSA) is 42.4 Å². The fourth-order valence-electron chi connectivity index (χ4n) is 3.47. The lowest BCUT2D eigenvalue weighted by molar-refractivity contribution is 0.0707. The second-order valence-electron chi connectivity index (χ2n) is 6.57. The van der Waals surface area contributed by atoms with E-state index in [-0.39, 0.29) is 5.91 Å². The largest absolute Gasteiger partial charge is 0.494 e. The Bertz CT molecular complexity index is 871. The molecule has 5 heteroatoms. The van der Waals surface area contributed by atoms with E-state index in [1.165, 1.54) is 4.70 Å². The summed E-state index contributed by atoms with van der Waals surface area (Å²) in [5.41, 5.74) is 1.78. The molecule has 1 aromatic heterocycles. The van der Waals surface area contributed by atoms with Crippen molar-refractivity contribution in [3.63, 3.8) is 0 Å². The van der Waals surface area contributed by atoms with E-state index in [1.54, 1.807) is 11.3 Å². The maximum Gasteiger partial charge on any atom is 0.253 e. The van der Waals surface area contributed by atoms with Gasteiger partial charge in [0.25, 0.3) is 5.91 Å². The number of carbonyl (C=O) groups is 1. The third-order valence-electron chi connectivity index (χ3n) is 4.78. The van der Waals surface area contributed by atoms with Crippen molar-refractivity contribution in [3.8, 4) is 5.75 Å². The lowest BCUT2D eigenvalue weighted by atomic mass is 9.98. The smallest absolute Gasteiger partial charge is 0.253 e. The molecule has 2 heterocycles. The molecule has 1 amide bonds. The summed E-state index contributed by atoms with van der Waals surface area (Å²) in [7, 11) is 0. The first-order valence-corrected chi connectivity index (χ1v) is 9.94. The van der Waals surface area contributed by atoms with Gasteiger partial charge in [-0.2, -0.15) is 0 Å². The van der Waals surface area contributed by atoms with Crippen molar-refractivity contribution in [1.29, 1.82) is 0 Å². The van der Waals surface area contributed by atoms with Crippen molar-refractivity contribution in [2.45, 2.75) is 25.7 Å². The second-order valence-corrected chi connectivity index (χ2v) is 7.63. The molecule has 0 aliphatic carbocycles. The Hall–Kier alpha value is -2.40. The zero-order valence-corrected chi connectivity index (χ0v) is 15.7. The van der Waals surface area contributed by atoms with Crippen molar-refractivity contribution in [3.05, 3.63) is 59.1 Å². The second kappa shape index (κ2) is 7.46. The lowest BCUT2D eigenvalue weighted by Crippen LogP contribution is -2.39. The van der Waals surface area contributed by atoms with Crippen molar-refractivity contribution >= 4 is 27.5 Å². The fraction of sp³-hybridized carbons (Fsp3) is 0.333. The molecule has 0 spiro atoms. The standard InChI is InChI=1S/C21H22N2O2S/c1-2-25-17-11-9-15(10-12-17)21(24)23-13-5-6-16(14-23)20-22-18-7-3-4-8-19(18)26-20/h3-4,7-12,16H,2,5-6,13-14H2,1H3. The van der Waals surface area contributed by atoms with Crippen LogP contribution in [0.25, 0.3) is 10.2 Å². The van der Waals surface area contributed by atoms with E-state index < -0.39 is 0 Å². The van der Waals surface area contributed by atoms with Gasteiger partial charge in [-0.05, 0) is 56.2 Å². The summed E-state index contributed by atoms with van der Waals surface area (Å²) in [5, 5.41) is 1.15. The van der Waals surface area contributed by atoms with Gasteiger partial charge in [-0.25, -0.2) is 4.98 Å². The highest BCUT2D eigenvalue weighted by atomic mass is 32.1. The van der Waals surface area contributed by atoms with Gasteiger partial charge in [-0.15, -0.1) is 11.3 Å². The normalized spacial score (nSPS) is 17.4. The third kappa shape index (κ3) is 3.44. The summed E-state index contributed by atoms with van der Waals surface area (Å²) in [6, 6.07) is 15.7. The van der Waals surface area contributed by atoms with Crippen LogP contribution in [0.2, 0.25) is 0 Å². The van der Waals surface area contributed by atoms with Crippen LogP contribution < -0.4 is 4.74 Å². The molecule has 0 N–H and O–H groups in total. The van der Waals surface area contributed by atoms with Crippen LogP contribution in [0.1, 0.15) is 41.0 Å². The first kappa shape index (κ1) is 17.0. The average Bonchev–Trinajstić information content (AvgIpc) is 3.13. The molecular formula is C21H22N2O2S. The Morgan fingerprint density at radius 2 is 2.04 bits per heavy atom. The molecule has 4 nitrogen and oxygen atoms in total. The van der Waals surface area contributed by atoms with Gasteiger partial charge in [0.2, 0.25) is 0 Å². The first-order valence-electron chi connectivity index (χ1n) is 9.12. The highest BCUT2D eigenvalue weighted by Crippen LogP contribution is 2.33. The number of para-hydroxylation sites is 1. The predicted molar refractivity (Wildman–Crippen MR) is 105 cm³/mol. The Morgan fingerprint density at radius 1 is 1.23 bits per heavy atom. The summed E-state index contributed by atoms with van der Waals surface area (Å²) in [6.07, 6.45) is 2.11. The molecule has 0 saturated carbocycles. The molecule has 1 aliphatic heterocycles. The lowest BCUT2D eigenvalue weighted by Gasteiger charge is -2.32. The Morgan fingerprint density at radius 3 is 2.81 bits per heavy atom. The number of rotatable bonds is 4. The number of ether oxygens (including phenoxy) is 1. The number of fused-ring (bicyclic) bond motifs is 1. The van der Waals surface area contributed by atoms with Crippen LogP contribution in [-0.4, -0.2) is 35.5 Å². The van der Waals surface area contributed by atoms with E-state index in [0.29, 0.717) is 12.5 Å². The van der Waals surface area contributed by atoms with E-state index in [9.17, 15) is 4.79 Å². The highest BCUT2D eigenvalue weighted by molar-refractivity contribution is 7.18. The minimum Gasteiger partial charge on any atom is -0.494 e. The summed E-state index contributed by atoms with van der Waals surface area (Å²) >= 11 is 1.76. The van der Waals surface area contributed by atoms with E-state index >= 15 is 0 Å².